The van der Waals surface area contributed by atoms with E-state index in [-0.39, 0.29) is 86.4 Å². The normalized spacial score (nSPS) is 11.2. The first kappa shape index (κ1) is 24.5. The molecule has 0 bridgehead atoms. The molecule has 0 saturated heterocycles. The zero-order valence-corrected chi connectivity index (χ0v) is 21.2. The molecule has 0 radical (unpaired) electrons. The molecule has 0 aliphatic heterocycles. The van der Waals surface area contributed by atoms with E-state index in [0.717, 1.165) is 35.7 Å². The molecule has 4 rings (SSSR count). The number of hydrogen-bond acceptors (Lipinski definition) is 9. The van der Waals surface area contributed by atoms with Crippen molar-refractivity contribution in [2.24, 2.45) is 0 Å². The van der Waals surface area contributed by atoms with Crippen molar-refractivity contribution in [2.75, 3.05) is 0 Å². The number of carbonyl (C=O) groups excluding carboxylic acids is 1. The fourth-order valence-corrected chi connectivity index (χ4v) is 4.01. The van der Waals surface area contributed by atoms with Gasteiger partial charge in [0.25, 0.3) is 0 Å². The summed E-state index contributed by atoms with van der Waals surface area (Å²) < 4.78 is 30.4. The Labute approximate surface area is 211 Å². The van der Waals surface area contributed by atoms with E-state index < -0.39 is 19.3 Å². The van der Waals surface area contributed by atoms with Gasteiger partial charge in [-0.2, -0.15) is 4.98 Å². The largest absolute Gasteiger partial charge is 1.00 e. The molecule has 0 spiro atoms. The summed E-state index contributed by atoms with van der Waals surface area (Å²) in [7, 11) is -5.24. The maximum Gasteiger partial charge on any atom is 1.00 e. The Morgan fingerprint density at radius 2 is 2.00 bits per heavy atom. The van der Waals surface area contributed by atoms with Crippen molar-refractivity contribution in [2.45, 2.75) is 6.92 Å². The first-order chi connectivity index (χ1) is 12.7. The number of nitrogens with zero attached hydrogens (tertiary/aromatic N) is 4. The van der Waals surface area contributed by atoms with Gasteiger partial charge in [0.05, 0.1) is 11.1 Å². The van der Waals surface area contributed by atoms with Crippen LogP contribution in [0.5, 0.6) is 0 Å². The summed E-state index contributed by atoms with van der Waals surface area (Å²) in [6.07, 6.45) is 0.882. The predicted octanol–water partition coefficient (Wildman–Crippen LogP) is -4.49. The van der Waals surface area contributed by atoms with E-state index >= 15 is 0 Å². The summed E-state index contributed by atoms with van der Waals surface area (Å²) in [6.45, 7) is 1.60. The Hall–Kier alpha value is -0.720. The van der Waals surface area contributed by atoms with Crippen LogP contribution in [-0.2, 0) is 4.57 Å². The van der Waals surface area contributed by atoms with Crippen molar-refractivity contribution in [3.63, 3.8) is 0 Å². The average molecular weight is 452 g/mol. The SMILES string of the molecule is Cc1nc(-c2csc(C(=O)c3cn(P(=O)([O-])[O-])c4ccc(F)cc34)n2)no1.[Na+].[Na+]. The molecule has 0 aliphatic rings. The summed E-state index contributed by atoms with van der Waals surface area (Å²) in [5, 5.41) is 5.24. The molecule has 14 heteroatoms. The standard InChI is InChI=1S/C15H10FN4O5PS.2Na/c1-7-17-14(19-25-7)11-6-27-15(18-11)13(21)10-5-20(26(22,23)24)12-3-2-8(16)4-9(10)12;;/h2-6H,1H3,(H2,22,23,24);;/q;2*+1/p-2. The Balaban J connectivity index is 0.00000150. The summed E-state index contributed by atoms with van der Waals surface area (Å²) in [5.41, 5.74) is 0.0636. The van der Waals surface area contributed by atoms with E-state index in [4.69, 9.17) is 4.52 Å². The van der Waals surface area contributed by atoms with Crippen LogP contribution in [-0.4, -0.2) is 25.2 Å². The molecule has 0 fully saturated rings. The number of halogens is 1. The third-order valence-corrected chi connectivity index (χ3v) is 5.41. The van der Waals surface area contributed by atoms with Crippen LogP contribution in [0, 0.1) is 12.7 Å². The van der Waals surface area contributed by atoms with E-state index in [2.05, 4.69) is 15.1 Å². The van der Waals surface area contributed by atoms with Crippen molar-refractivity contribution in [3.05, 3.63) is 52.1 Å². The van der Waals surface area contributed by atoms with Gasteiger partial charge in [0, 0.05) is 31.6 Å². The quantitative estimate of drug-likeness (QED) is 0.172. The number of rotatable bonds is 4. The zero-order chi connectivity index (χ0) is 19.3. The van der Waals surface area contributed by atoms with E-state index in [1.807, 2.05) is 0 Å². The minimum Gasteiger partial charge on any atom is -0.795 e. The van der Waals surface area contributed by atoms with Crippen LogP contribution >= 0.6 is 19.1 Å². The third kappa shape index (κ3) is 4.80. The van der Waals surface area contributed by atoms with Gasteiger partial charge in [0.15, 0.2) is 5.01 Å². The number of hydrogen-bond donors (Lipinski definition) is 0. The summed E-state index contributed by atoms with van der Waals surface area (Å²) in [4.78, 5) is 43.9. The van der Waals surface area contributed by atoms with Gasteiger partial charge in [-0.15, -0.1) is 11.3 Å². The molecule has 3 aromatic heterocycles. The van der Waals surface area contributed by atoms with Crippen LogP contribution in [0.4, 0.5) is 4.39 Å². The molecule has 0 N–H and O–H groups in total. The Kier molecular flexibility index (Phi) is 7.78. The van der Waals surface area contributed by atoms with E-state index in [1.165, 1.54) is 5.38 Å². The summed E-state index contributed by atoms with van der Waals surface area (Å²) in [5.74, 6) is -0.816. The molecule has 4 aromatic rings. The van der Waals surface area contributed by atoms with Crippen LogP contribution in [0.1, 0.15) is 21.3 Å². The maximum absolute atomic E-state index is 13.6. The van der Waals surface area contributed by atoms with Crippen molar-refractivity contribution in [1.82, 2.24) is 19.5 Å². The van der Waals surface area contributed by atoms with E-state index in [9.17, 15) is 23.5 Å². The van der Waals surface area contributed by atoms with Crippen molar-refractivity contribution in [1.29, 1.82) is 0 Å². The van der Waals surface area contributed by atoms with Crippen molar-refractivity contribution < 1.29 is 87.2 Å². The van der Waals surface area contributed by atoms with Gasteiger partial charge in [-0.3, -0.25) is 4.79 Å². The van der Waals surface area contributed by atoms with Crippen LogP contribution in [0.25, 0.3) is 22.4 Å². The molecule has 0 unspecified atom stereocenters. The van der Waals surface area contributed by atoms with Gasteiger partial charge in [-0.25, -0.2) is 9.37 Å². The molecule has 138 valence electrons. The van der Waals surface area contributed by atoms with Gasteiger partial charge in [-0.1, -0.05) is 5.16 Å². The minimum atomic E-state index is -5.24. The van der Waals surface area contributed by atoms with Gasteiger partial charge in [0.2, 0.25) is 17.5 Å². The molecule has 0 saturated carbocycles. The first-order valence-electron chi connectivity index (χ1n) is 7.38. The molecular formula is C15H8FN4Na2O5PS. The van der Waals surface area contributed by atoms with Crippen molar-refractivity contribution >= 4 is 35.8 Å². The molecule has 3 heterocycles. The second-order valence-electron chi connectivity index (χ2n) is 5.52. The average Bonchev–Trinajstić information content (AvgIpc) is 3.30. The van der Waals surface area contributed by atoms with Crippen LogP contribution in [0.3, 0.4) is 0 Å². The number of carbonyl (C=O) groups is 1. The molecule has 0 atom stereocenters. The number of fused-ring (bicyclic) bond motifs is 1. The first-order valence-corrected chi connectivity index (χ1v) is 9.76. The number of aromatic nitrogens is 4. The fourth-order valence-electron chi connectivity index (χ4n) is 2.57. The van der Waals surface area contributed by atoms with Gasteiger partial charge in [-0.05, 0) is 18.2 Å². The Bertz CT molecular complexity index is 1250. The maximum atomic E-state index is 13.6. The number of thiazole rings is 1. The second kappa shape index (κ2) is 9.19. The summed E-state index contributed by atoms with van der Waals surface area (Å²) in [6, 6.07) is 3.12. The van der Waals surface area contributed by atoms with E-state index in [0.29, 0.717) is 15.9 Å². The fraction of sp³-hybridized carbons (Fsp3) is 0.0667. The molecule has 9 nitrogen and oxygen atoms in total. The van der Waals surface area contributed by atoms with Gasteiger partial charge in [0.1, 0.15) is 11.5 Å². The molecular weight excluding hydrogens is 444 g/mol. The van der Waals surface area contributed by atoms with Gasteiger partial charge < -0.3 is 23.2 Å². The smallest absolute Gasteiger partial charge is 0.795 e. The minimum absolute atomic E-state index is 0. The monoisotopic (exact) mass is 452 g/mol. The number of ketones is 1. The predicted molar refractivity (Wildman–Crippen MR) is 88.5 cm³/mol. The zero-order valence-electron chi connectivity index (χ0n) is 15.5. The van der Waals surface area contributed by atoms with E-state index in [1.54, 1.807) is 6.92 Å². The molecule has 0 amide bonds. The summed E-state index contributed by atoms with van der Waals surface area (Å²) >= 11 is 0.975. The second-order valence-corrected chi connectivity index (χ2v) is 7.75. The van der Waals surface area contributed by atoms with Gasteiger partial charge >= 0.3 is 59.1 Å². The van der Waals surface area contributed by atoms with Crippen molar-refractivity contribution in [3.8, 4) is 11.5 Å². The Morgan fingerprint density at radius 1 is 1.28 bits per heavy atom. The molecule has 1 aromatic carbocycles. The topological polar surface area (TPSA) is 137 Å². The number of aryl methyl sites for hydroxylation is 1. The van der Waals surface area contributed by atoms with Crippen LogP contribution in [0.15, 0.2) is 34.3 Å². The Morgan fingerprint density at radius 3 is 2.62 bits per heavy atom. The number of benzene rings is 1. The molecule has 29 heavy (non-hydrogen) atoms. The molecule has 0 aliphatic carbocycles. The third-order valence-electron chi connectivity index (χ3n) is 3.71. The van der Waals surface area contributed by atoms with Crippen LogP contribution < -0.4 is 68.9 Å². The van der Waals surface area contributed by atoms with Crippen LogP contribution in [0.2, 0.25) is 0 Å².